The van der Waals surface area contributed by atoms with Gasteiger partial charge in [0.1, 0.15) is 0 Å². The summed E-state index contributed by atoms with van der Waals surface area (Å²) in [5.74, 6) is 0. The summed E-state index contributed by atoms with van der Waals surface area (Å²) in [4.78, 5) is 0. The maximum absolute atomic E-state index is 13.1. The van der Waals surface area contributed by atoms with Gasteiger partial charge in [0.05, 0.1) is 5.69 Å². The largest absolute Gasteiger partial charge is 0.326 e. The van der Waals surface area contributed by atoms with Crippen molar-refractivity contribution in [1.82, 2.24) is 0 Å². The monoisotopic (exact) mass is 218 g/mol. The summed E-state index contributed by atoms with van der Waals surface area (Å²) in [5, 5.41) is 0.232. The Morgan fingerprint density at radius 2 is 2.31 bits per heavy atom. The minimum absolute atomic E-state index is 0.232. The summed E-state index contributed by atoms with van der Waals surface area (Å²) in [7, 11) is 0. The molecule has 0 aromatic heterocycles. The zero-order valence-electron chi connectivity index (χ0n) is 6.71. The van der Waals surface area contributed by atoms with E-state index in [4.69, 9.17) is 17.3 Å². The van der Waals surface area contributed by atoms with Crippen molar-refractivity contribution < 1.29 is 4.48 Å². The Bertz CT molecular complexity index is 319. The van der Waals surface area contributed by atoms with Crippen molar-refractivity contribution in [2.24, 2.45) is 5.73 Å². The van der Waals surface area contributed by atoms with E-state index in [1.165, 1.54) is 0 Å². The minimum atomic E-state index is -0.339. The number of thiocarbonyl (C=S) groups is 1. The highest BCUT2D eigenvalue weighted by atomic mass is 35.5. The highest BCUT2D eigenvalue weighted by Crippen LogP contribution is 2.18. The van der Waals surface area contributed by atoms with Crippen LogP contribution in [0.3, 0.4) is 0 Å². The fourth-order valence-electron chi connectivity index (χ4n) is 0.907. The van der Waals surface area contributed by atoms with Crippen molar-refractivity contribution in [2.75, 3.05) is 5.12 Å². The number of nitrogens with zero attached hydrogens (tertiary/aromatic N) is 1. The first-order valence-corrected chi connectivity index (χ1v) is 4.38. The van der Waals surface area contributed by atoms with Crippen molar-refractivity contribution in [3.8, 4) is 0 Å². The number of rotatable bonds is 2. The third kappa shape index (κ3) is 2.62. The molecule has 0 spiro atoms. The zero-order valence-corrected chi connectivity index (χ0v) is 8.28. The van der Waals surface area contributed by atoms with Gasteiger partial charge in [-0.2, -0.15) is 5.12 Å². The quantitative estimate of drug-likeness (QED) is 0.358. The number of benzene rings is 1. The molecule has 13 heavy (non-hydrogen) atoms. The highest BCUT2D eigenvalue weighted by molar-refractivity contribution is 7.83. The Balaban J connectivity index is 2.94. The van der Waals surface area contributed by atoms with Crippen LogP contribution in [0.15, 0.2) is 24.3 Å². The number of anilines is 1. The lowest BCUT2D eigenvalue weighted by atomic mass is 10.2. The molecule has 1 aromatic rings. The Morgan fingerprint density at radius 3 is 2.85 bits per heavy atom. The van der Waals surface area contributed by atoms with Gasteiger partial charge in [-0.05, 0) is 41.5 Å². The van der Waals surface area contributed by atoms with Crippen LogP contribution in [0.5, 0.6) is 0 Å². The van der Waals surface area contributed by atoms with E-state index in [0.29, 0.717) is 12.2 Å². The normalized spacial score (nSPS) is 9.77. The lowest BCUT2D eigenvalue weighted by molar-refractivity contribution is 0.528. The fraction of sp³-hybridized carbons (Fsp3) is 0.125. The molecule has 2 N–H and O–H groups in total. The third-order valence-electron chi connectivity index (χ3n) is 1.53. The van der Waals surface area contributed by atoms with Crippen molar-refractivity contribution >= 4 is 34.0 Å². The molecule has 0 unspecified atom stereocenters. The van der Waals surface area contributed by atoms with E-state index in [1.807, 2.05) is 0 Å². The molecular formula is C8H8ClFN2S. The van der Waals surface area contributed by atoms with Crippen LogP contribution in [0.2, 0.25) is 0 Å². The van der Waals surface area contributed by atoms with Crippen LogP contribution in [-0.2, 0) is 6.54 Å². The molecule has 0 aliphatic carbocycles. The molecule has 0 aliphatic rings. The van der Waals surface area contributed by atoms with Gasteiger partial charge < -0.3 is 5.73 Å². The second kappa shape index (κ2) is 4.50. The Hall–Kier alpha value is -0.710. The van der Waals surface area contributed by atoms with Crippen LogP contribution >= 0.6 is 23.8 Å². The van der Waals surface area contributed by atoms with Gasteiger partial charge in [0.15, 0.2) is 0 Å². The molecule has 0 atom stereocenters. The van der Waals surface area contributed by atoms with E-state index in [-0.39, 0.29) is 9.57 Å². The van der Waals surface area contributed by atoms with E-state index >= 15 is 0 Å². The van der Waals surface area contributed by atoms with Crippen molar-refractivity contribution in [3.63, 3.8) is 0 Å². The molecular weight excluding hydrogens is 211 g/mol. The zero-order chi connectivity index (χ0) is 9.84. The van der Waals surface area contributed by atoms with Crippen molar-refractivity contribution in [3.05, 3.63) is 29.8 Å². The maximum Gasteiger partial charge on any atom is 0.204 e. The molecule has 1 aromatic carbocycles. The number of hydrogen-bond donors (Lipinski definition) is 1. The van der Waals surface area contributed by atoms with Crippen LogP contribution in [0, 0.1) is 0 Å². The molecule has 0 saturated heterocycles. The molecule has 1 rings (SSSR count). The fourth-order valence-corrected chi connectivity index (χ4v) is 1.11. The average Bonchev–Trinajstić information content (AvgIpc) is 2.16. The second-order valence-corrected chi connectivity index (χ2v) is 3.38. The molecule has 5 heteroatoms. The highest BCUT2D eigenvalue weighted by Gasteiger charge is 2.08. The summed E-state index contributed by atoms with van der Waals surface area (Å²) < 4.78 is 12.8. The predicted molar refractivity (Wildman–Crippen MR) is 56.4 cm³/mol. The summed E-state index contributed by atoms with van der Waals surface area (Å²) >= 11 is 9.77. The van der Waals surface area contributed by atoms with Gasteiger partial charge in [0.25, 0.3) is 0 Å². The van der Waals surface area contributed by atoms with E-state index in [1.54, 1.807) is 24.3 Å². The van der Waals surface area contributed by atoms with Crippen LogP contribution in [-0.4, -0.2) is 4.45 Å². The first kappa shape index (κ1) is 10.4. The minimum Gasteiger partial charge on any atom is -0.326 e. The van der Waals surface area contributed by atoms with E-state index in [2.05, 4.69) is 12.2 Å². The van der Waals surface area contributed by atoms with Gasteiger partial charge in [-0.3, -0.25) is 0 Å². The SMILES string of the molecule is NCc1cccc(N(F)C(=S)Cl)c1. The van der Waals surface area contributed by atoms with Gasteiger partial charge in [0, 0.05) is 6.54 Å². The van der Waals surface area contributed by atoms with E-state index in [9.17, 15) is 4.48 Å². The molecule has 0 saturated carbocycles. The summed E-state index contributed by atoms with van der Waals surface area (Å²) in [6.45, 7) is 0.358. The second-order valence-electron chi connectivity index (χ2n) is 2.41. The van der Waals surface area contributed by atoms with Gasteiger partial charge in [-0.1, -0.05) is 16.6 Å². The average molecular weight is 219 g/mol. The first-order chi connectivity index (χ1) is 6.15. The summed E-state index contributed by atoms with van der Waals surface area (Å²) in [6.07, 6.45) is 0. The molecule has 0 heterocycles. The molecule has 0 fully saturated rings. The molecule has 70 valence electrons. The molecule has 0 aliphatic heterocycles. The molecule has 2 nitrogen and oxygen atoms in total. The Labute approximate surface area is 86.0 Å². The van der Waals surface area contributed by atoms with Gasteiger partial charge >= 0.3 is 0 Å². The number of halogens is 2. The summed E-state index contributed by atoms with van der Waals surface area (Å²) in [5.41, 5.74) is 6.51. The maximum atomic E-state index is 13.1. The topological polar surface area (TPSA) is 29.3 Å². The standard InChI is InChI=1S/C8H8ClFN2S/c9-8(13)12(10)7-3-1-2-6(4-7)5-11/h1-4H,5,11H2. The van der Waals surface area contributed by atoms with E-state index < -0.39 is 0 Å². The lowest BCUT2D eigenvalue weighted by Gasteiger charge is -2.10. The predicted octanol–water partition coefficient (Wildman–Crippen LogP) is 2.36. The van der Waals surface area contributed by atoms with E-state index in [0.717, 1.165) is 5.56 Å². The number of hydrogen-bond acceptors (Lipinski definition) is 2. The molecule has 0 amide bonds. The van der Waals surface area contributed by atoms with Crippen molar-refractivity contribution in [1.29, 1.82) is 0 Å². The van der Waals surface area contributed by atoms with Crippen LogP contribution in [0.25, 0.3) is 0 Å². The van der Waals surface area contributed by atoms with Crippen molar-refractivity contribution in [2.45, 2.75) is 6.54 Å². The van der Waals surface area contributed by atoms with Gasteiger partial charge in [-0.15, -0.1) is 0 Å². The molecule has 0 bridgehead atoms. The van der Waals surface area contributed by atoms with Crippen LogP contribution < -0.4 is 10.9 Å². The smallest absolute Gasteiger partial charge is 0.204 e. The first-order valence-electron chi connectivity index (χ1n) is 3.59. The summed E-state index contributed by atoms with van der Waals surface area (Å²) in [6, 6.07) is 6.65. The van der Waals surface area contributed by atoms with Crippen LogP contribution in [0.1, 0.15) is 5.56 Å². The number of nitrogens with two attached hydrogens (primary N) is 1. The van der Waals surface area contributed by atoms with Crippen LogP contribution in [0.4, 0.5) is 10.2 Å². The Kier molecular flexibility index (Phi) is 3.59. The lowest BCUT2D eigenvalue weighted by Crippen LogP contribution is -2.14. The Morgan fingerprint density at radius 1 is 1.62 bits per heavy atom. The molecule has 0 radical (unpaired) electrons. The van der Waals surface area contributed by atoms with Gasteiger partial charge in [0.2, 0.25) is 4.45 Å². The van der Waals surface area contributed by atoms with Gasteiger partial charge in [-0.25, -0.2) is 0 Å². The third-order valence-corrected chi connectivity index (χ3v) is 1.84.